The van der Waals surface area contributed by atoms with Crippen LogP contribution in [0.15, 0.2) is 18.2 Å². The van der Waals surface area contributed by atoms with Crippen molar-refractivity contribution in [2.75, 3.05) is 12.4 Å². The number of rotatable bonds is 5. The largest absolute Gasteiger partial charge is 0.492 e. The van der Waals surface area contributed by atoms with Gasteiger partial charge in [-0.15, -0.1) is 0 Å². The Labute approximate surface area is 125 Å². The molecule has 0 radical (unpaired) electrons. The summed E-state index contributed by atoms with van der Waals surface area (Å²) in [4.78, 5) is 11.5. The Morgan fingerprint density at radius 1 is 1.30 bits per heavy atom. The van der Waals surface area contributed by atoms with Gasteiger partial charge in [-0.25, -0.2) is 8.42 Å². The highest BCUT2D eigenvalue weighted by atomic mass is 35.5. The summed E-state index contributed by atoms with van der Waals surface area (Å²) in [6, 6.07) is 4.68. The fraction of sp³-hybridized carbons (Fsp3) is 0.500. The molecule has 0 saturated carbocycles. The van der Waals surface area contributed by atoms with Crippen molar-refractivity contribution in [3.63, 3.8) is 0 Å². The molecule has 0 atom stereocenters. The molecule has 0 spiro atoms. The second kappa shape index (κ2) is 6.14. The zero-order valence-electron chi connectivity index (χ0n) is 12.1. The maximum atomic E-state index is 11.9. The van der Waals surface area contributed by atoms with Crippen molar-refractivity contribution in [3.8, 4) is 5.75 Å². The van der Waals surface area contributed by atoms with Gasteiger partial charge in [-0.1, -0.05) is 11.6 Å². The van der Waals surface area contributed by atoms with Crippen LogP contribution in [-0.4, -0.2) is 31.3 Å². The Kier molecular flexibility index (Phi) is 5.21. The van der Waals surface area contributed by atoms with Gasteiger partial charge < -0.3 is 4.74 Å². The van der Waals surface area contributed by atoms with Gasteiger partial charge in [0.25, 0.3) is 0 Å². The third kappa shape index (κ3) is 4.21. The number of Topliss-reactive ketones (excluding diaryl/α,β-unsaturated/α-hetero) is 1. The van der Waals surface area contributed by atoms with E-state index in [4.69, 9.17) is 16.3 Å². The van der Waals surface area contributed by atoms with Crippen LogP contribution in [0.3, 0.4) is 0 Å². The lowest BCUT2D eigenvalue weighted by Crippen LogP contribution is -2.32. The third-order valence-corrected chi connectivity index (χ3v) is 5.67. The first-order chi connectivity index (χ1) is 9.04. The van der Waals surface area contributed by atoms with E-state index < -0.39 is 14.6 Å². The molecule has 112 valence electrons. The molecular formula is C14H19ClO4S. The van der Waals surface area contributed by atoms with E-state index in [0.717, 1.165) is 0 Å². The average molecular weight is 319 g/mol. The van der Waals surface area contributed by atoms with Crippen molar-refractivity contribution in [2.24, 2.45) is 0 Å². The first-order valence-corrected chi connectivity index (χ1v) is 8.23. The normalized spacial score (nSPS) is 12.2. The smallest absolute Gasteiger partial charge is 0.163 e. The average Bonchev–Trinajstić information content (AvgIpc) is 2.29. The Morgan fingerprint density at radius 2 is 1.90 bits per heavy atom. The molecule has 0 amide bonds. The van der Waals surface area contributed by atoms with E-state index in [1.165, 1.54) is 13.0 Å². The van der Waals surface area contributed by atoms with Crippen molar-refractivity contribution in [1.82, 2.24) is 0 Å². The number of hydrogen-bond acceptors (Lipinski definition) is 4. The predicted molar refractivity (Wildman–Crippen MR) is 80.5 cm³/mol. The van der Waals surface area contributed by atoms with Crippen LogP contribution >= 0.6 is 11.6 Å². The van der Waals surface area contributed by atoms with Crippen LogP contribution < -0.4 is 4.74 Å². The minimum Gasteiger partial charge on any atom is -0.492 e. The van der Waals surface area contributed by atoms with Crippen molar-refractivity contribution >= 4 is 27.2 Å². The number of carbonyl (C=O) groups is 1. The van der Waals surface area contributed by atoms with Crippen LogP contribution in [0.5, 0.6) is 5.75 Å². The highest BCUT2D eigenvalue weighted by molar-refractivity contribution is 7.92. The van der Waals surface area contributed by atoms with E-state index in [0.29, 0.717) is 16.3 Å². The molecule has 0 aliphatic carbocycles. The van der Waals surface area contributed by atoms with E-state index >= 15 is 0 Å². The molecule has 20 heavy (non-hydrogen) atoms. The summed E-state index contributed by atoms with van der Waals surface area (Å²) in [7, 11) is -3.25. The van der Waals surface area contributed by atoms with Gasteiger partial charge in [0.2, 0.25) is 0 Å². The van der Waals surface area contributed by atoms with Gasteiger partial charge in [-0.3, -0.25) is 4.79 Å². The standard InChI is InChI=1S/C14H19ClO4S/c1-10(16)12-9-11(15)5-6-13(12)19-7-8-20(17,18)14(2,3)4/h5-6,9H,7-8H2,1-4H3. The number of carbonyl (C=O) groups excluding carboxylic acids is 1. The van der Waals surface area contributed by atoms with Crippen molar-refractivity contribution in [2.45, 2.75) is 32.4 Å². The molecule has 0 aliphatic heterocycles. The summed E-state index contributed by atoms with van der Waals surface area (Å²) in [6.07, 6.45) is 0. The van der Waals surface area contributed by atoms with Crippen LogP contribution in [0.2, 0.25) is 5.02 Å². The second-order valence-electron chi connectivity index (χ2n) is 5.48. The molecule has 1 aromatic rings. The summed E-state index contributed by atoms with van der Waals surface area (Å²) < 4.78 is 28.5. The summed E-state index contributed by atoms with van der Waals surface area (Å²) in [6.45, 7) is 6.34. The summed E-state index contributed by atoms with van der Waals surface area (Å²) >= 11 is 5.82. The number of hydrogen-bond donors (Lipinski definition) is 0. The van der Waals surface area contributed by atoms with Gasteiger partial charge >= 0.3 is 0 Å². The van der Waals surface area contributed by atoms with E-state index in [-0.39, 0.29) is 18.1 Å². The van der Waals surface area contributed by atoms with E-state index in [1.54, 1.807) is 32.9 Å². The molecule has 0 heterocycles. The molecule has 0 fully saturated rings. The fourth-order valence-corrected chi connectivity index (χ4v) is 2.56. The Bertz CT molecular complexity index is 600. The molecule has 0 N–H and O–H groups in total. The zero-order valence-corrected chi connectivity index (χ0v) is 13.6. The Balaban J connectivity index is 2.80. The molecule has 0 aliphatic rings. The summed E-state index contributed by atoms with van der Waals surface area (Å²) in [5.41, 5.74) is 0.352. The molecule has 0 unspecified atom stereocenters. The molecule has 4 nitrogen and oxygen atoms in total. The fourth-order valence-electron chi connectivity index (χ4n) is 1.47. The van der Waals surface area contributed by atoms with E-state index in [2.05, 4.69) is 0 Å². The van der Waals surface area contributed by atoms with Gasteiger partial charge in [-0.2, -0.15) is 0 Å². The zero-order chi connectivity index (χ0) is 15.6. The molecule has 1 aromatic carbocycles. The quantitative estimate of drug-likeness (QED) is 0.783. The first kappa shape index (κ1) is 17.0. The highest BCUT2D eigenvalue weighted by Crippen LogP contribution is 2.24. The molecular weight excluding hydrogens is 300 g/mol. The van der Waals surface area contributed by atoms with Crippen LogP contribution in [0.25, 0.3) is 0 Å². The minimum atomic E-state index is -3.25. The minimum absolute atomic E-state index is 0.00150. The van der Waals surface area contributed by atoms with Crippen LogP contribution in [0.1, 0.15) is 38.1 Å². The van der Waals surface area contributed by atoms with Crippen molar-refractivity contribution in [1.29, 1.82) is 0 Å². The number of sulfone groups is 1. The molecule has 6 heteroatoms. The van der Waals surface area contributed by atoms with Gasteiger partial charge in [0.05, 0.1) is 16.1 Å². The van der Waals surface area contributed by atoms with Gasteiger partial charge in [0.1, 0.15) is 12.4 Å². The highest BCUT2D eigenvalue weighted by Gasteiger charge is 2.28. The van der Waals surface area contributed by atoms with Gasteiger partial charge in [0.15, 0.2) is 15.6 Å². The van der Waals surface area contributed by atoms with Crippen LogP contribution in [0, 0.1) is 0 Å². The van der Waals surface area contributed by atoms with Crippen molar-refractivity contribution < 1.29 is 17.9 Å². The molecule has 0 saturated heterocycles. The van der Waals surface area contributed by atoms with E-state index in [1.807, 2.05) is 0 Å². The number of benzene rings is 1. The summed E-state index contributed by atoms with van der Waals surface area (Å²) in [5, 5.41) is 0.435. The second-order valence-corrected chi connectivity index (χ2v) is 8.78. The van der Waals surface area contributed by atoms with Crippen LogP contribution in [0.4, 0.5) is 0 Å². The number of ether oxygens (including phenoxy) is 1. The summed E-state index contributed by atoms with van der Waals surface area (Å²) in [5.74, 6) is 0.0726. The number of halogens is 1. The van der Waals surface area contributed by atoms with Crippen molar-refractivity contribution in [3.05, 3.63) is 28.8 Å². The predicted octanol–water partition coefficient (Wildman–Crippen LogP) is 3.13. The first-order valence-electron chi connectivity index (χ1n) is 6.20. The monoisotopic (exact) mass is 318 g/mol. The maximum absolute atomic E-state index is 11.9. The number of ketones is 1. The lowest BCUT2D eigenvalue weighted by atomic mass is 10.1. The van der Waals surface area contributed by atoms with Gasteiger partial charge in [-0.05, 0) is 45.9 Å². The Morgan fingerprint density at radius 3 is 2.40 bits per heavy atom. The topological polar surface area (TPSA) is 60.4 Å². The Hall–Kier alpha value is -1.07. The molecule has 0 aromatic heterocycles. The van der Waals surface area contributed by atoms with E-state index in [9.17, 15) is 13.2 Å². The maximum Gasteiger partial charge on any atom is 0.163 e. The lowest BCUT2D eigenvalue weighted by molar-refractivity contribution is 0.101. The van der Waals surface area contributed by atoms with Gasteiger partial charge in [0, 0.05) is 5.02 Å². The van der Waals surface area contributed by atoms with Crippen LogP contribution in [-0.2, 0) is 9.84 Å². The lowest BCUT2D eigenvalue weighted by Gasteiger charge is -2.19. The SMILES string of the molecule is CC(=O)c1cc(Cl)ccc1OCCS(=O)(=O)C(C)(C)C. The third-order valence-electron chi connectivity index (χ3n) is 2.86. The molecule has 0 bridgehead atoms. The molecule has 1 rings (SSSR count).